The first-order valence-corrected chi connectivity index (χ1v) is 6.48. The minimum atomic E-state index is -0.468. The molecule has 1 unspecified atom stereocenters. The standard InChI is InChI=1S/C13H23N3O2/c1-5-9-10(14)11-15-12(16-18-11)13(6-2,7-3)17-8-4/h5,10H,1,6-9,14H2,2-4H3. The van der Waals surface area contributed by atoms with Gasteiger partial charge in [-0.3, -0.25) is 0 Å². The normalized spacial score (nSPS) is 13.6. The Bertz CT molecular complexity index is 372. The molecule has 0 saturated carbocycles. The van der Waals surface area contributed by atoms with Crippen molar-refractivity contribution in [2.24, 2.45) is 5.73 Å². The van der Waals surface area contributed by atoms with Crippen molar-refractivity contribution in [1.29, 1.82) is 0 Å². The summed E-state index contributed by atoms with van der Waals surface area (Å²) in [7, 11) is 0. The fourth-order valence-corrected chi connectivity index (χ4v) is 1.96. The summed E-state index contributed by atoms with van der Waals surface area (Å²) in [4.78, 5) is 4.39. The highest BCUT2D eigenvalue weighted by Gasteiger charge is 2.34. The average molecular weight is 253 g/mol. The van der Waals surface area contributed by atoms with Crippen molar-refractivity contribution in [3.05, 3.63) is 24.4 Å². The van der Waals surface area contributed by atoms with Gasteiger partial charge in [0, 0.05) is 6.61 Å². The maximum absolute atomic E-state index is 5.91. The monoisotopic (exact) mass is 253 g/mol. The Kier molecular flexibility index (Phi) is 5.50. The topological polar surface area (TPSA) is 74.2 Å². The van der Waals surface area contributed by atoms with E-state index in [4.69, 9.17) is 15.0 Å². The Morgan fingerprint density at radius 1 is 1.44 bits per heavy atom. The van der Waals surface area contributed by atoms with Crippen LogP contribution in [0.4, 0.5) is 0 Å². The summed E-state index contributed by atoms with van der Waals surface area (Å²) in [6.07, 6.45) is 3.95. The number of rotatable bonds is 8. The molecule has 1 atom stereocenters. The van der Waals surface area contributed by atoms with Crippen molar-refractivity contribution in [3.63, 3.8) is 0 Å². The van der Waals surface area contributed by atoms with Gasteiger partial charge in [-0.1, -0.05) is 25.1 Å². The number of ether oxygens (including phenoxy) is 1. The van der Waals surface area contributed by atoms with E-state index >= 15 is 0 Å². The minimum absolute atomic E-state index is 0.295. The average Bonchev–Trinajstić information content (AvgIpc) is 2.86. The number of nitrogens with zero attached hydrogens (tertiary/aromatic N) is 2. The van der Waals surface area contributed by atoms with Gasteiger partial charge in [0.1, 0.15) is 5.60 Å². The Balaban J connectivity index is 2.97. The highest BCUT2D eigenvalue weighted by molar-refractivity contribution is 5.03. The van der Waals surface area contributed by atoms with E-state index in [1.807, 2.05) is 6.92 Å². The van der Waals surface area contributed by atoms with Crippen LogP contribution in [0.15, 0.2) is 17.2 Å². The molecule has 0 fully saturated rings. The molecule has 0 bridgehead atoms. The van der Waals surface area contributed by atoms with Gasteiger partial charge in [0.2, 0.25) is 11.7 Å². The van der Waals surface area contributed by atoms with Crippen molar-refractivity contribution in [2.75, 3.05) is 6.61 Å². The third-order valence-electron chi connectivity index (χ3n) is 3.15. The van der Waals surface area contributed by atoms with Crippen LogP contribution >= 0.6 is 0 Å². The molecule has 0 saturated heterocycles. The fourth-order valence-electron chi connectivity index (χ4n) is 1.96. The molecule has 2 N–H and O–H groups in total. The molecule has 0 aliphatic rings. The smallest absolute Gasteiger partial charge is 0.243 e. The lowest BCUT2D eigenvalue weighted by Crippen LogP contribution is -2.30. The van der Waals surface area contributed by atoms with Crippen LogP contribution in [-0.4, -0.2) is 16.7 Å². The molecule has 0 radical (unpaired) electrons. The largest absolute Gasteiger partial charge is 0.367 e. The fraction of sp³-hybridized carbons (Fsp3) is 0.692. The quantitative estimate of drug-likeness (QED) is 0.721. The van der Waals surface area contributed by atoms with Crippen LogP contribution in [0.1, 0.15) is 57.8 Å². The Labute approximate surface area is 108 Å². The summed E-state index contributed by atoms with van der Waals surface area (Å²) in [5.41, 5.74) is 5.44. The Morgan fingerprint density at radius 3 is 2.61 bits per heavy atom. The van der Waals surface area contributed by atoms with Crippen molar-refractivity contribution >= 4 is 0 Å². The molecule has 102 valence electrons. The molecule has 1 aromatic heterocycles. The summed E-state index contributed by atoms with van der Waals surface area (Å²) in [6, 6.07) is -0.295. The van der Waals surface area contributed by atoms with Gasteiger partial charge < -0.3 is 15.0 Å². The van der Waals surface area contributed by atoms with Gasteiger partial charge in [0.25, 0.3) is 0 Å². The van der Waals surface area contributed by atoms with Crippen LogP contribution in [0, 0.1) is 0 Å². The first-order valence-electron chi connectivity index (χ1n) is 6.48. The lowest BCUT2D eigenvalue weighted by molar-refractivity contribution is -0.0583. The SMILES string of the molecule is C=CCC(N)c1nc(C(CC)(CC)OCC)no1. The minimum Gasteiger partial charge on any atom is -0.367 e. The summed E-state index contributed by atoms with van der Waals surface area (Å²) in [6.45, 7) is 10.3. The molecule has 1 heterocycles. The molecule has 0 aromatic carbocycles. The highest BCUT2D eigenvalue weighted by atomic mass is 16.5. The molecular weight excluding hydrogens is 230 g/mol. The van der Waals surface area contributed by atoms with Gasteiger partial charge >= 0.3 is 0 Å². The second-order valence-corrected chi connectivity index (χ2v) is 4.22. The number of aromatic nitrogens is 2. The number of nitrogens with two attached hydrogens (primary N) is 1. The van der Waals surface area contributed by atoms with E-state index in [0.29, 0.717) is 24.7 Å². The zero-order valence-corrected chi connectivity index (χ0v) is 11.5. The molecule has 5 nitrogen and oxygen atoms in total. The maximum Gasteiger partial charge on any atom is 0.243 e. The van der Waals surface area contributed by atoms with Gasteiger partial charge in [-0.2, -0.15) is 4.98 Å². The molecular formula is C13H23N3O2. The van der Waals surface area contributed by atoms with Gasteiger partial charge in [0.05, 0.1) is 6.04 Å². The van der Waals surface area contributed by atoms with E-state index in [1.165, 1.54) is 0 Å². The van der Waals surface area contributed by atoms with Gasteiger partial charge in [-0.25, -0.2) is 0 Å². The summed E-state index contributed by atoms with van der Waals surface area (Å²) < 4.78 is 11.0. The number of hydrogen-bond acceptors (Lipinski definition) is 5. The molecule has 18 heavy (non-hydrogen) atoms. The predicted molar refractivity (Wildman–Crippen MR) is 69.9 cm³/mol. The third-order valence-corrected chi connectivity index (χ3v) is 3.15. The maximum atomic E-state index is 5.91. The zero-order chi connectivity index (χ0) is 13.6. The summed E-state index contributed by atoms with van der Waals surface area (Å²) in [5, 5.41) is 4.03. The lowest BCUT2D eigenvalue weighted by Gasteiger charge is -2.27. The van der Waals surface area contributed by atoms with Crippen molar-refractivity contribution in [2.45, 2.75) is 51.7 Å². The number of hydrogen-bond donors (Lipinski definition) is 1. The molecule has 0 aliphatic carbocycles. The van der Waals surface area contributed by atoms with Gasteiger partial charge in [-0.15, -0.1) is 6.58 Å². The first kappa shape index (κ1) is 14.9. The third kappa shape index (κ3) is 2.97. The van der Waals surface area contributed by atoms with Gasteiger partial charge in [0.15, 0.2) is 0 Å². The van der Waals surface area contributed by atoms with E-state index in [9.17, 15) is 0 Å². The Morgan fingerprint density at radius 2 is 2.11 bits per heavy atom. The second kappa shape index (κ2) is 6.66. The summed E-state index contributed by atoms with van der Waals surface area (Å²) >= 11 is 0. The van der Waals surface area contributed by atoms with Crippen molar-refractivity contribution in [1.82, 2.24) is 10.1 Å². The van der Waals surface area contributed by atoms with Crippen LogP contribution in [0.2, 0.25) is 0 Å². The molecule has 0 spiro atoms. The van der Waals surface area contributed by atoms with E-state index in [1.54, 1.807) is 6.08 Å². The van der Waals surface area contributed by atoms with E-state index in [-0.39, 0.29) is 6.04 Å². The van der Waals surface area contributed by atoms with Crippen LogP contribution < -0.4 is 5.73 Å². The first-order chi connectivity index (χ1) is 8.63. The van der Waals surface area contributed by atoms with Crippen LogP contribution in [-0.2, 0) is 10.3 Å². The van der Waals surface area contributed by atoms with Crippen LogP contribution in [0.5, 0.6) is 0 Å². The van der Waals surface area contributed by atoms with Gasteiger partial charge in [-0.05, 0) is 26.2 Å². The lowest BCUT2D eigenvalue weighted by atomic mass is 9.96. The molecule has 5 heteroatoms. The van der Waals surface area contributed by atoms with Crippen molar-refractivity contribution < 1.29 is 9.26 Å². The van der Waals surface area contributed by atoms with E-state index in [0.717, 1.165) is 12.8 Å². The molecule has 0 aliphatic heterocycles. The van der Waals surface area contributed by atoms with Crippen molar-refractivity contribution in [3.8, 4) is 0 Å². The zero-order valence-electron chi connectivity index (χ0n) is 11.5. The summed E-state index contributed by atoms with van der Waals surface area (Å²) in [5.74, 6) is 1.03. The van der Waals surface area contributed by atoms with E-state index in [2.05, 4.69) is 30.6 Å². The second-order valence-electron chi connectivity index (χ2n) is 4.22. The molecule has 1 rings (SSSR count). The predicted octanol–water partition coefficient (Wildman–Crippen LogP) is 2.70. The molecule has 0 amide bonds. The molecule has 1 aromatic rings. The Hall–Kier alpha value is -1.20. The van der Waals surface area contributed by atoms with E-state index < -0.39 is 5.60 Å². The highest BCUT2D eigenvalue weighted by Crippen LogP contribution is 2.31. The van der Waals surface area contributed by atoms with Crippen LogP contribution in [0.3, 0.4) is 0 Å². The van der Waals surface area contributed by atoms with Crippen LogP contribution in [0.25, 0.3) is 0 Å².